The first-order valence-corrected chi connectivity index (χ1v) is 5.81. The van der Waals surface area contributed by atoms with Crippen LogP contribution in [0.1, 0.15) is 11.5 Å². The first-order valence-electron chi connectivity index (χ1n) is 4.99. The van der Waals surface area contributed by atoms with Gasteiger partial charge in [0.2, 0.25) is 5.95 Å². The van der Waals surface area contributed by atoms with E-state index in [0.29, 0.717) is 5.76 Å². The number of aromatic nitrogens is 2. The van der Waals surface area contributed by atoms with Gasteiger partial charge in [-0.2, -0.15) is 4.98 Å². The van der Waals surface area contributed by atoms with Gasteiger partial charge in [-0.25, -0.2) is 4.98 Å². The highest BCUT2D eigenvalue weighted by Crippen LogP contribution is 2.36. The number of furan rings is 1. The minimum atomic E-state index is -0.507. The Bertz CT molecular complexity index is 611. The zero-order valence-corrected chi connectivity index (χ0v) is 10.5. The molecule has 2 aromatic heterocycles. The van der Waals surface area contributed by atoms with Crippen LogP contribution in [0, 0.1) is 24.0 Å². The van der Waals surface area contributed by atoms with Gasteiger partial charge in [0.15, 0.2) is 5.03 Å². The van der Waals surface area contributed by atoms with Crippen LogP contribution in [0.2, 0.25) is 0 Å². The Labute approximate surface area is 107 Å². The van der Waals surface area contributed by atoms with E-state index in [4.69, 9.17) is 10.2 Å². The fourth-order valence-electron chi connectivity index (χ4n) is 1.43. The second-order valence-electron chi connectivity index (χ2n) is 3.52. The van der Waals surface area contributed by atoms with Crippen molar-refractivity contribution in [2.24, 2.45) is 0 Å². The fraction of sp³-hybridized carbons (Fsp3) is 0.200. The molecule has 0 radical (unpaired) electrons. The molecule has 2 heterocycles. The van der Waals surface area contributed by atoms with E-state index in [1.54, 1.807) is 13.0 Å². The molecule has 0 saturated heterocycles. The summed E-state index contributed by atoms with van der Waals surface area (Å²) in [6, 6.07) is 1.72. The predicted molar refractivity (Wildman–Crippen MR) is 65.4 cm³/mol. The molecule has 0 amide bonds. The Balaban J connectivity index is 2.49. The zero-order chi connectivity index (χ0) is 13.3. The number of nitrogen functional groups attached to an aromatic ring is 1. The predicted octanol–water partition coefficient (Wildman–Crippen LogP) is 2.33. The van der Waals surface area contributed by atoms with E-state index < -0.39 is 4.92 Å². The van der Waals surface area contributed by atoms with Gasteiger partial charge in [-0.05, 0) is 19.9 Å². The number of nitrogens with two attached hydrogens (primary N) is 1. The Morgan fingerprint density at radius 3 is 2.72 bits per heavy atom. The molecule has 0 atom stereocenters. The lowest BCUT2D eigenvalue weighted by molar-refractivity contribution is -0.389. The molecule has 94 valence electrons. The molecule has 0 bridgehead atoms. The van der Waals surface area contributed by atoms with E-state index in [9.17, 15) is 10.1 Å². The van der Waals surface area contributed by atoms with Crippen molar-refractivity contribution >= 4 is 23.4 Å². The number of hydrogen-bond acceptors (Lipinski definition) is 7. The van der Waals surface area contributed by atoms with Crippen LogP contribution in [-0.2, 0) is 0 Å². The molecule has 0 aromatic carbocycles. The zero-order valence-electron chi connectivity index (χ0n) is 9.71. The highest BCUT2D eigenvalue weighted by atomic mass is 32.2. The van der Waals surface area contributed by atoms with Crippen LogP contribution in [-0.4, -0.2) is 14.9 Å². The van der Waals surface area contributed by atoms with Gasteiger partial charge < -0.3 is 10.2 Å². The lowest BCUT2D eigenvalue weighted by Crippen LogP contribution is -2.04. The molecule has 0 unspecified atom stereocenters. The molecule has 0 aliphatic heterocycles. The first-order chi connectivity index (χ1) is 8.49. The lowest BCUT2D eigenvalue weighted by atomic mass is 10.4. The van der Waals surface area contributed by atoms with Gasteiger partial charge in [0.25, 0.3) is 0 Å². The third kappa shape index (κ3) is 2.28. The molecular weight excluding hydrogens is 256 g/mol. The molecule has 8 heteroatoms. The monoisotopic (exact) mass is 266 g/mol. The van der Waals surface area contributed by atoms with E-state index in [-0.39, 0.29) is 22.4 Å². The lowest BCUT2D eigenvalue weighted by Gasteiger charge is -2.04. The maximum atomic E-state index is 11.0. The minimum Gasteiger partial charge on any atom is -0.468 e. The van der Waals surface area contributed by atoms with Crippen LogP contribution in [0.15, 0.2) is 26.7 Å². The first kappa shape index (κ1) is 12.4. The molecule has 0 aliphatic rings. The van der Waals surface area contributed by atoms with Crippen LogP contribution >= 0.6 is 11.8 Å². The summed E-state index contributed by atoms with van der Waals surface area (Å²) >= 11 is 1.14. The van der Waals surface area contributed by atoms with Crippen LogP contribution in [0.25, 0.3) is 0 Å². The molecule has 2 aromatic rings. The molecule has 0 aliphatic carbocycles. The number of nitro groups is 1. The number of anilines is 1. The van der Waals surface area contributed by atoms with E-state index in [2.05, 4.69) is 9.97 Å². The Hall–Kier alpha value is -2.09. The van der Waals surface area contributed by atoms with Gasteiger partial charge in [0, 0.05) is 0 Å². The maximum Gasteiger partial charge on any atom is 0.322 e. The molecule has 2 N–H and O–H groups in total. The third-order valence-corrected chi connectivity index (χ3v) is 3.37. The Morgan fingerprint density at radius 1 is 1.44 bits per heavy atom. The van der Waals surface area contributed by atoms with E-state index in [1.165, 1.54) is 13.2 Å². The Kier molecular flexibility index (Phi) is 3.19. The summed E-state index contributed by atoms with van der Waals surface area (Å²) in [7, 11) is 0. The number of aryl methyl sites for hydroxylation is 2. The highest BCUT2D eigenvalue weighted by molar-refractivity contribution is 7.99. The highest BCUT2D eigenvalue weighted by Gasteiger charge is 2.23. The summed E-state index contributed by atoms with van der Waals surface area (Å²) in [5, 5.41) is 11.2. The number of rotatable bonds is 3. The van der Waals surface area contributed by atoms with Crippen LogP contribution in [0.4, 0.5) is 11.6 Å². The van der Waals surface area contributed by atoms with E-state index in [1.807, 2.05) is 0 Å². The smallest absolute Gasteiger partial charge is 0.322 e. The molecule has 0 saturated carbocycles. The van der Waals surface area contributed by atoms with Crippen molar-refractivity contribution in [1.29, 1.82) is 0 Å². The van der Waals surface area contributed by atoms with Crippen molar-refractivity contribution < 1.29 is 9.34 Å². The molecular formula is C10H10N4O3S. The standard InChI is InChI=1S/C10H10N4O3S/c1-5-8(14(15)16)9(13-10(11)12-5)18-7-3-4-17-6(7)2/h3-4H,1-2H3,(H2,11,12,13). The molecule has 2 rings (SSSR count). The summed E-state index contributed by atoms with van der Waals surface area (Å²) < 4.78 is 5.13. The number of hydrogen-bond donors (Lipinski definition) is 1. The normalized spacial score (nSPS) is 10.6. The maximum absolute atomic E-state index is 11.0. The van der Waals surface area contributed by atoms with Crippen LogP contribution in [0.5, 0.6) is 0 Å². The molecule has 0 spiro atoms. The average molecular weight is 266 g/mol. The van der Waals surface area contributed by atoms with Crippen molar-refractivity contribution in [2.75, 3.05) is 5.73 Å². The van der Waals surface area contributed by atoms with Crippen molar-refractivity contribution in [1.82, 2.24) is 9.97 Å². The SMILES string of the molecule is Cc1nc(N)nc(Sc2ccoc2C)c1[N+](=O)[O-]. The van der Waals surface area contributed by atoms with Gasteiger partial charge in [0.1, 0.15) is 11.5 Å². The number of nitrogens with zero attached hydrogens (tertiary/aromatic N) is 3. The van der Waals surface area contributed by atoms with Crippen molar-refractivity contribution in [2.45, 2.75) is 23.8 Å². The quantitative estimate of drug-likeness (QED) is 0.516. The Morgan fingerprint density at radius 2 is 2.17 bits per heavy atom. The van der Waals surface area contributed by atoms with Gasteiger partial charge in [-0.15, -0.1) is 0 Å². The summed E-state index contributed by atoms with van der Waals surface area (Å²) in [5.41, 5.74) is 5.63. The summed E-state index contributed by atoms with van der Waals surface area (Å²) in [6.45, 7) is 3.30. The second kappa shape index (κ2) is 4.65. The minimum absolute atomic E-state index is 0.0155. The molecule has 18 heavy (non-hydrogen) atoms. The summed E-state index contributed by atoms with van der Waals surface area (Å²) in [4.78, 5) is 19.0. The van der Waals surface area contributed by atoms with E-state index in [0.717, 1.165) is 16.7 Å². The van der Waals surface area contributed by atoms with Gasteiger partial charge >= 0.3 is 5.69 Å². The average Bonchev–Trinajstić information content (AvgIpc) is 2.62. The van der Waals surface area contributed by atoms with Gasteiger partial charge in [0.05, 0.1) is 16.1 Å². The largest absolute Gasteiger partial charge is 0.468 e. The fourth-order valence-corrected chi connectivity index (χ4v) is 2.41. The second-order valence-corrected chi connectivity index (χ2v) is 4.55. The summed E-state index contributed by atoms with van der Waals surface area (Å²) in [6.07, 6.45) is 1.51. The summed E-state index contributed by atoms with van der Waals surface area (Å²) in [5.74, 6) is 0.686. The van der Waals surface area contributed by atoms with Crippen LogP contribution in [0.3, 0.4) is 0 Å². The topological polar surface area (TPSA) is 108 Å². The van der Waals surface area contributed by atoms with Crippen molar-refractivity contribution in [3.63, 3.8) is 0 Å². The van der Waals surface area contributed by atoms with Gasteiger partial charge in [-0.1, -0.05) is 11.8 Å². The van der Waals surface area contributed by atoms with Gasteiger partial charge in [-0.3, -0.25) is 10.1 Å². The van der Waals surface area contributed by atoms with Crippen LogP contribution < -0.4 is 5.73 Å². The van der Waals surface area contributed by atoms with Crippen molar-refractivity contribution in [3.05, 3.63) is 33.9 Å². The molecule has 0 fully saturated rings. The molecule has 7 nitrogen and oxygen atoms in total. The van der Waals surface area contributed by atoms with E-state index >= 15 is 0 Å². The van der Waals surface area contributed by atoms with Crippen molar-refractivity contribution in [3.8, 4) is 0 Å². The third-order valence-electron chi connectivity index (χ3n) is 2.24.